The zero-order valence-corrected chi connectivity index (χ0v) is 16.8. The average Bonchev–Trinajstić information content (AvgIpc) is 3.10. The molecule has 0 aliphatic rings. The van der Waals surface area contributed by atoms with Crippen LogP contribution in [0.25, 0.3) is 11.4 Å². The Labute approximate surface area is 180 Å². The van der Waals surface area contributed by atoms with E-state index in [1.165, 1.54) is 32.8 Å². The Bertz CT molecular complexity index is 1310. The van der Waals surface area contributed by atoms with E-state index < -0.39 is 11.7 Å². The molecule has 0 unspecified atom stereocenters. The molecule has 0 aliphatic heterocycles. The second-order valence-electron chi connectivity index (χ2n) is 6.32. The Balaban J connectivity index is 1.83. The monoisotopic (exact) mass is 434 g/mol. The molecule has 0 fully saturated rings. The summed E-state index contributed by atoms with van der Waals surface area (Å²) in [4.78, 5) is 29.9. The minimum Gasteiger partial charge on any atom is -0.733 e. The maximum absolute atomic E-state index is 13.2. The summed E-state index contributed by atoms with van der Waals surface area (Å²) in [6.07, 6.45) is 0. The number of aromatic nitrogens is 2. The molecule has 2 N–H and O–H groups in total. The van der Waals surface area contributed by atoms with E-state index in [2.05, 4.69) is 10.3 Å². The second-order valence-corrected chi connectivity index (χ2v) is 7.23. The lowest BCUT2D eigenvalue weighted by molar-refractivity contribution is 0.259. The van der Waals surface area contributed by atoms with Crippen molar-refractivity contribution < 1.29 is 10.0 Å². The van der Waals surface area contributed by atoms with Crippen molar-refractivity contribution in [2.24, 2.45) is 4.99 Å². The van der Waals surface area contributed by atoms with Crippen molar-refractivity contribution >= 4 is 28.9 Å². The van der Waals surface area contributed by atoms with Crippen LogP contribution in [0.3, 0.4) is 0 Å². The smallest absolute Gasteiger partial charge is 0.349 e. The van der Waals surface area contributed by atoms with Crippen molar-refractivity contribution in [3.8, 4) is 11.4 Å². The molecule has 31 heavy (non-hydrogen) atoms. The van der Waals surface area contributed by atoms with E-state index in [1.54, 1.807) is 48.5 Å². The van der Waals surface area contributed by atoms with Crippen molar-refractivity contribution in [2.75, 3.05) is 10.5 Å². The fourth-order valence-electron chi connectivity index (χ4n) is 2.84. The molecule has 0 bridgehead atoms. The zero-order valence-electron chi connectivity index (χ0n) is 16.0. The normalized spacial score (nSPS) is 11.4. The Kier molecular flexibility index (Phi) is 5.76. The summed E-state index contributed by atoms with van der Waals surface area (Å²) in [6, 6.07) is 22.8. The molecule has 3 aromatic carbocycles. The van der Waals surface area contributed by atoms with Crippen LogP contribution in [-0.2, 0) is 0 Å². The predicted molar refractivity (Wildman–Crippen MR) is 118 cm³/mol. The maximum atomic E-state index is 13.2. The fourth-order valence-corrected chi connectivity index (χ4v) is 3.78. The minimum atomic E-state index is -0.640. The van der Waals surface area contributed by atoms with Gasteiger partial charge in [0.1, 0.15) is 0 Å². The van der Waals surface area contributed by atoms with Crippen LogP contribution in [0, 0.1) is 5.21 Å². The SMILES string of the molecule is O=C(N=c1sn(-c2ccccc2)c(=O)n1-c1ccc(N([O-])O)cc1)Nc1ccccc1. The molecule has 2 amide bonds. The van der Waals surface area contributed by atoms with Gasteiger partial charge in [0.15, 0.2) is 0 Å². The van der Waals surface area contributed by atoms with E-state index >= 15 is 0 Å². The quantitative estimate of drug-likeness (QED) is 0.477. The Morgan fingerprint density at radius 2 is 1.55 bits per heavy atom. The number of anilines is 2. The van der Waals surface area contributed by atoms with Crippen LogP contribution >= 0.6 is 11.5 Å². The predicted octanol–water partition coefficient (Wildman–Crippen LogP) is 3.52. The second kappa shape index (κ2) is 8.79. The Morgan fingerprint density at radius 1 is 0.935 bits per heavy atom. The minimum absolute atomic E-state index is 0.00303. The van der Waals surface area contributed by atoms with Gasteiger partial charge in [-0.2, -0.15) is 4.99 Å². The van der Waals surface area contributed by atoms with Crippen LogP contribution in [-0.4, -0.2) is 19.8 Å². The molecule has 9 nitrogen and oxygen atoms in total. The van der Waals surface area contributed by atoms with Crippen LogP contribution in [0.2, 0.25) is 0 Å². The summed E-state index contributed by atoms with van der Waals surface area (Å²) < 4.78 is 2.67. The lowest BCUT2D eigenvalue weighted by Crippen LogP contribution is -2.28. The van der Waals surface area contributed by atoms with Gasteiger partial charge in [-0.3, -0.25) is 5.21 Å². The number of hydrogen-bond acceptors (Lipinski definition) is 6. The standard InChI is InChI=1S/C21H16N5O4S/c27-19(22-15-7-3-1-4-8-15)23-20-24(16-11-13-18(14-12-16)26(29)30)21(28)25(31-20)17-9-5-2-6-10-17/h1-14,29H,(H,22,27)/q-1. The van der Waals surface area contributed by atoms with E-state index in [4.69, 9.17) is 5.21 Å². The largest absolute Gasteiger partial charge is 0.733 e. The number of hydrogen-bond donors (Lipinski definition) is 2. The molecule has 0 radical (unpaired) electrons. The molecule has 0 saturated heterocycles. The van der Waals surface area contributed by atoms with Crippen LogP contribution in [0.1, 0.15) is 0 Å². The van der Waals surface area contributed by atoms with Gasteiger partial charge in [0.2, 0.25) is 4.80 Å². The molecule has 1 aromatic heterocycles. The Hall–Kier alpha value is -3.99. The highest BCUT2D eigenvalue weighted by Crippen LogP contribution is 2.15. The molecule has 1 heterocycles. The number of nitrogens with zero attached hydrogens (tertiary/aromatic N) is 4. The van der Waals surface area contributed by atoms with E-state index in [1.807, 2.05) is 12.1 Å². The van der Waals surface area contributed by atoms with Gasteiger partial charge in [0.25, 0.3) is 0 Å². The maximum Gasteiger partial charge on any atom is 0.349 e. The molecule has 0 atom stereocenters. The molecular formula is C21H16N5O4S-. The topological polar surface area (TPSA) is 115 Å². The molecule has 4 rings (SSSR count). The van der Waals surface area contributed by atoms with Gasteiger partial charge in [-0.05, 0) is 60.1 Å². The van der Waals surface area contributed by atoms with Gasteiger partial charge < -0.3 is 15.8 Å². The molecule has 10 heteroatoms. The first-order valence-electron chi connectivity index (χ1n) is 9.11. The summed E-state index contributed by atoms with van der Waals surface area (Å²) >= 11 is 1.00. The van der Waals surface area contributed by atoms with Gasteiger partial charge in [-0.1, -0.05) is 36.4 Å². The lowest BCUT2D eigenvalue weighted by atomic mass is 10.3. The summed E-state index contributed by atoms with van der Waals surface area (Å²) in [6.45, 7) is 0. The highest BCUT2D eigenvalue weighted by Gasteiger charge is 2.14. The van der Waals surface area contributed by atoms with Crippen molar-refractivity contribution in [1.82, 2.24) is 8.52 Å². The third-order valence-corrected chi connectivity index (χ3v) is 5.26. The van der Waals surface area contributed by atoms with E-state index in [-0.39, 0.29) is 15.7 Å². The molecule has 0 spiro atoms. The number of nitrogens with one attached hydrogen (secondary N) is 1. The van der Waals surface area contributed by atoms with Gasteiger partial charge >= 0.3 is 11.7 Å². The van der Waals surface area contributed by atoms with Gasteiger partial charge in [-0.25, -0.2) is 18.1 Å². The average molecular weight is 434 g/mol. The lowest BCUT2D eigenvalue weighted by Gasteiger charge is -2.21. The molecule has 0 saturated carbocycles. The number of carbonyl (C=O) groups excluding carboxylic acids is 1. The summed E-state index contributed by atoms with van der Waals surface area (Å²) in [7, 11) is 0. The number of amides is 2. The first-order valence-corrected chi connectivity index (χ1v) is 9.88. The van der Waals surface area contributed by atoms with Crippen LogP contribution in [0.5, 0.6) is 0 Å². The van der Waals surface area contributed by atoms with Crippen LogP contribution < -0.4 is 21.0 Å². The number of para-hydroxylation sites is 2. The van der Waals surface area contributed by atoms with Crippen LogP contribution in [0.4, 0.5) is 16.2 Å². The fraction of sp³-hybridized carbons (Fsp3) is 0. The van der Waals surface area contributed by atoms with Crippen molar-refractivity contribution in [3.05, 3.63) is 105 Å². The third kappa shape index (κ3) is 4.46. The number of rotatable bonds is 4. The summed E-state index contributed by atoms with van der Waals surface area (Å²) in [5, 5.41) is 22.5. The summed E-state index contributed by atoms with van der Waals surface area (Å²) in [5.41, 5.74) is 1.14. The number of urea groups is 1. The summed E-state index contributed by atoms with van der Waals surface area (Å²) in [5.74, 6) is 0. The van der Waals surface area contributed by atoms with Gasteiger partial charge in [0, 0.05) is 5.69 Å². The van der Waals surface area contributed by atoms with Crippen LogP contribution in [0.15, 0.2) is 94.7 Å². The van der Waals surface area contributed by atoms with Crippen molar-refractivity contribution in [2.45, 2.75) is 0 Å². The zero-order chi connectivity index (χ0) is 21.8. The number of benzene rings is 3. The highest BCUT2D eigenvalue weighted by molar-refractivity contribution is 7.03. The first-order chi connectivity index (χ1) is 15.0. The van der Waals surface area contributed by atoms with E-state index in [9.17, 15) is 14.8 Å². The van der Waals surface area contributed by atoms with Gasteiger partial charge in [-0.15, -0.1) is 0 Å². The third-order valence-electron chi connectivity index (χ3n) is 4.27. The molecule has 156 valence electrons. The Morgan fingerprint density at radius 3 is 2.16 bits per heavy atom. The van der Waals surface area contributed by atoms with E-state index in [0.717, 1.165) is 11.5 Å². The highest BCUT2D eigenvalue weighted by atomic mass is 32.1. The first kappa shape index (κ1) is 20.3. The van der Waals surface area contributed by atoms with Crippen molar-refractivity contribution in [3.63, 3.8) is 0 Å². The van der Waals surface area contributed by atoms with Gasteiger partial charge in [0.05, 0.1) is 17.1 Å². The van der Waals surface area contributed by atoms with Crippen molar-refractivity contribution in [1.29, 1.82) is 0 Å². The van der Waals surface area contributed by atoms with E-state index in [0.29, 0.717) is 17.1 Å². The molecular weight excluding hydrogens is 418 g/mol. The molecule has 0 aliphatic carbocycles. The number of carbonyl (C=O) groups is 1. The molecule has 4 aromatic rings.